The molecule has 0 bridgehead atoms. The lowest BCUT2D eigenvalue weighted by Crippen LogP contribution is -2.47. The molecule has 2 rings (SSSR count). The molecule has 2 saturated heterocycles. The Kier molecular flexibility index (Phi) is 3.03. The highest BCUT2D eigenvalue weighted by atomic mass is 16.3. The lowest BCUT2D eigenvalue weighted by molar-refractivity contribution is -0.134. The SMILES string of the molecule is O=C([C@@H]1CCC(O)N1)N1CCCCC1. The lowest BCUT2D eigenvalue weighted by Gasteiger charge is -2.29. The number of aliphatic hydroxyl groups is 1. The number of rotatable bonds is 1. The van der Waals surface area contributed by atoms with Crippen LogP contribution in [-0.2, 0) is 4.79 Å². The van der Waals surface area contributed by atoms with Crippen molar-refractivity contribution >= 4 is 5.91 Å². The van der Waals surface area contributed by atoms with E-state index < -0.39 is 6.23 Å². The maximum atomic E-state index is 11.9. The minimum absolute atomic E-state index is 0.136. The van der Waals surface area contributed by atoms with E-state index in [4.69, 9.17) is 0 Å². The third-order valence-corrected chi connectivity index (χ3v) is 3.09. The van der Waals surface area contributed by atoms with E-state index in [1.807, 2.05) is 4.90 Å². The summed E-state index contributed by atoms with van der Waals surface area (Å²) in [5.41, 5.74) is 0. The second kappa shape index (κ2) is 4.28. The Morgan fingerprint density at radius 1 is 1.21 bits per heavy atom. The van der Waals surface area contributed by atoms with Gasteiger partial charge in [-0.2, -0.15) is 0 Å². The molecule has 2 atom stereocenters. The van der Waals surface area contributed by atoms with Crippen molar-refractivity contribution in [1.29, 1.82) is 0 Å². The zero-order valence-electron chi connectivity index (χ0n) is 8.41. The number of carbonyl (C=O) groups is 1. The first-order valence-corrected chi connectivity index (χ1v) is 5.50. The second-order valence-corrected chi connectivity index (χ2v) is 4.20. The van der Waals surface area contributed by atoms with Gasteiger partial charge < -0.3 is 10.0 Å². The molecule has 2 aliphatic heterocycles. The number of piperidine rings is 1. The fraction of sp³-hybridized carbons (Fsp3) is 0.900. The van der Waals surface area contributed by atoms with Gasteiger partial charge in [0.2, 0.25) is 5.91 Å². The van der Waals surface area contributed by atoms with E-state index >= 15 is 0 Å². The van der Waals surface area contributed by atoms with E-state index in [9.17, 15) is 9.90 Å². The zero-order chi connectivity index (χ0) is 9.97. The average molecular weight is 198 g/mol. The monoisotopic (exact) mass is 198 g/mol. The quantitative estimate of drug-likeness (QED) is 0.627. The van der Waals surface area contributed by atoms with Crippen molar-refractivity contribution in [1.82, 2.24) is 10.2 Å². The molecule has 0 saturated carbocycles. The predicted octanol–water partition coefficient (Wildman–Crippen LogP) is 0.0693. The molecular formula is C10H18N2O2. The molecular weight excluding hydrogens is 180 g/mol. The summed E-state index contributed by atoms with van der Waals surface area (Å²) in [6.45, 7) is 1.79. The van der Waals surface area contributed by atoms with Crippen LogP contribution < -0.4 is 5.32 Å². The molecule has 0 spiro atoms. The third-order valence-electron chi connectivity index (χ3n) is 3.09. The summed E-state index contributed by atoms with van der Waals surface area (Å²) in [5, 5.41) is 12.2. The fourth-order valence-electron chi connectivity index (χ4n) is 2.25. The molecule has 4 heteroatoms. The predicted molar refractivity (Wildman–Crippen MR) is 52.6 cm³/mol. The summed E-state index contributed by atoms with van der Waals surface area (Å²) in [7, 11) is 0. The van der Waals surface area contributed by atoms with E-state index in [2.05, 4.69) is 5.32 Å². The Hall–Kier alpha value is -0.610. The topological polar surface area (TPSA) is 52.6 Å². The first-order chi connectivity index (χ1) is 6.77. The summed E-state index contributed by atoms with van der Waals surface area (Å²) in [5.74, 6) is 0.182. The minimum atomic E-state index is -0.478. The molecule has 0 aromatic rings. The van der Waals surface area contributed by atoms with Gasteiger partial charge in [-0.05, 0) is 32.1 Å². The van der Waals surface area contributed by atoms with Crippen molar-refractivity contribution in [3.63, 3.8) is 0 Å². The molecule has 1 unspecified atom stereocenters. The fourth-order valence-corrected chi connectivity index (χ4v) is 2.25. The summed E-state index contributed by atoms with van der Waals surface area (Å²) in [4.78, 5) is 13.8. The van der Waals surface area contributed by atoms with Crippen LogP contribution in [0.2, 0.25) is 0 Å². The van der Waals surface area contributed by atoms with Gasteiger partial charge in [0.15, 0.2) is 0 Å². The first-order valence-electron chi connectivity index (χ1n) is 5.50. The van der Waals surface area contributed by atoms with Crippen molar-refractivity contribution in [3.05, 3.63) is 0 Å². The van der Waals surface area contributed by atoms with Crippen LogP contribution >= 0.6 is 0 Å². The highest BCUT2D eigenvalue weighted by molar-refractivity contribution is 5.82. The Labute approximate surface area is 84.3 Å². The Morgan fingerprint density at radius 2 is 1.93 bits per heavy atom. The van der Waals surface area contributed by atoms with Crippen LogP contribution in [0.4, 0.5) is 0 Å². The van der Waals surface area contributed by atoms with Gasteiger partial charge >= 0.3 is 0 Å². The van der Waals surface area contributed by atoms with Gasteiger partial charge in [0.05, 0.1) is 6.04 Å². The molecule has 14 heavy (non-hydrogen) atoms. The molecule has 0 aliphatic carbocycles. The molecule has 2 N–H and O–H groups in total. The van der Waals surface area contributed by atoms with Crippen molar-refractivity contribution in [2.45, 2.75) is 44.4 Å². The third kappa shape index (κ3) is 2.07. The van der Waals surface area contributed by atoms with E-state index in [-0.39, 0.29) is 11.9 Å². The van der Waals surface area contributed by atoms with Gasteiger partial charge in [0, 0.05) is 13.1 Å². The second-order valence-electron chi connectivity index (χ2n) is 4.20. The van der Waals surface area contributed by atoms with Crippen LogP contribution in [-0.4, -0.2) is 41.3 Å². The molecule has 4 nitrogen and oxygen atoms in total. The Morgan fingerprint density at radius 3 is 2.50 bits per heavy atom. The Bertz CT molecular complexity index is 207. The van der Waals surface area contributed by atoms with Crippen LogP contribution in [0.15, 0.2) is 0 Å². The summed E-state index contributed by atoms with van der Waals surface area (Å²) in [6, 6.07) is -0.136. The first kappa shape index (κ1) is 9.93. The average Bonchev–Trinajstić information content (AvgIpc) is 2.65. The van der Waals surface area contributed by atoms with Gasteiger partial charge in [-0.3, -0.25) is 10.1 Å². The summed E-state index contributed by atoms with van der Waals surface area (Å²) in [6.07, 6.45) is 4.49. The van der Waals surface area contributed by atoms with Gasteiger partial charge in [0.25, 0.3) is 0 Å². The van der Waals surface area contributed by atoms with Gasteiger partial charge in [-0.15, -0.1) is 0 Å². The molecule has 0 aromatic carbocycles. The van der Waals surface area contributed by atoms with E-state index in [0.717, 1.165) is 32.4 Å². The van der Waals surface area contributed by atoms with E-state index in [0.29, 0.717) is 6.42 Å². The van der Waals surface area contributed by atoms with Crippen LogP contribution in [0.25, 0.3) is 0 Å². The Balaban J connectivity index is 1.87. The van der Waals surface area contributed by atoms with Crippen molar-refractivity contribution in [2.24, 2.45) is 0 Å². The van der Waals surface area contributed by atoms with Gasteiger partial charge in [0.1, 0.15) is 6.23 Å². The maximum absolute atomic E-state index is 11.9. The number of nitrogens with zero attached hydrogens (tertiary/aromatic N) is 1. The van der Waals surface area contributed by atoms with Gasteiger partial charge in [-0.25, -0.2) is 0 Å². The number of hydrogen-bond acceptors (Lipinski definition) is 3. The molecule has 2 fully saturated rings. The lowest BCUT2D eigenvalue weighted by atomic mass is 10.1. The molecule has 2 aliphatic rings. The molecule has 0 aromatic heterocycles. The van der Waals surface area contributed by atoms with Crippen LogP contribution in [0, 0.1) is 0 Å². The number of hydrogen-bond donors (Lipinski definition) is 2. The summed E-state index contributed by atoms with van der Waals surface area (Å²) < 4.78 is 0. The summed E-state index contributed by atoms with van der Waals surface area (Å²) >= 11 is 0. The molecule has 2 heterocycles. The molecule has 80 valence electrons. The normalized spacial score (nSPS) is 33.4. The van der Waals surface area contributed by atoms with Gasteiger partial charge in [-0.1, -0.05) is 0 Å². The zero-order valence-corrected chi connectivity index (χ0v) is 8.41. The molecule has 1 amide bonds. The van der Waals surface area contributed by atoms with E-state index in [1.54, 1.807) is 0 Å². The van der Waals surface area contributed by atoms with Crippen molar-refractivity contribution < 1.29 is 9.90 Å². The highest BCUT2D eigenvalue weighted by Crippen LogP contribution is 2.16. The number of nitrogens with one attached hydrogen (secondary N) is 1. The van der Waals surface area contributed by atoms with E-state index in [1.165, 1.54) is 6.42 Å². The number of likely N-dealkylation sites (tertiary alicyclic amines) is 1. The number of amides is 1. The van der Waals surface area contributed by atoms with Crippen molar-refractivity contribution in [2.75, 3.05) is 13.1 Å². The highest BCUT2D eigenvalue weighted by Gasteiger charge is 2.31. The number of carbonyl (C=O) groups excluding carboxylic acids is 1. The largest absolute Gasteiger partial charge is 0.379 e. The minimum Gasteiger partial charge on any atom is -0.379 e. The van der Waals surface area contributed by atoms with Crippen LogP contribution in [0.3, 0.4) is 0 Å². The number of aliphatic hydroxyl groups excluding tert-OH is 1. The molecule has 0 radical (unpaired) electrons. The smallest absolute Gasteiger partial charge is 0.239 e. The standard InChI is InChI=1S/C10H18N2O2/c13-9-5-4-8(11-9)10(14)12-6-2-1-3-7-12/h8-9,11,13H,1-7H2/t8-,9?/m0/s1. The van der Waals surface area contributed by atoms with Crippen LogP contribution in [0.1, 0.15) is 32.1 Å². The van der Waals surface area contributed by atoms with Crippen molar-refractivity contribution in [3.8, 4) is 0 Å². The van der Waals surface area contributed by atoms with Crippen LogP contribution in [0.5, 0.6) is 0 Å². The maximum Gasteiger partial charge on any atom is 0.239 e.